The number of carbonyl (C=O) groups is 2. The van der Waals surface area contributed by atoms with E-state index < -0.39 is 21.8 Å². The maximum Gasteiger partial charge on any atom is 0.268 e. The van der Waals surface area contributed by atoms with Gasteiger partial charge in [-0.3, -0.25) is 14.3 Å². The van der Waals surface area contributed by atoms with Gasteiger partial charge in [-0.2, -0.15) is 0 Å². The lowest BCUT2D eigenvalue weighted by molar-refractivity contribution is -0.122. The number of anilines is 2. The van der Waals surface area contributed by atoms with Crippen molar-refractivity contribution in [2.24, 2.45) is 0 Å². The van der Waals surface area contributed by atoms with E-state index in [2.05, 4.69) is 4.72 Å². The molecule has 1 heterocycles. The minimum Gasteiger partial charge on any atom is -0.501 e. The highest BCUT2D eigenvalue weighted by Gasteiger charge is 2.35. The highest BCUT2D eigenvalue weighted by Crippen LogP contribution is 2.38. The molecule has 0 aliphatic carbocycles. The molecule has 0 bridgehead atoms. The van der Waals surface area contributed by atoms with Crippen molar-refractivity contribution in [1.82, 2.24) is 0 Å². The van der Waals surface area contributed by atoms with E-state index in [1.54, 1.807) is 6.92 Å². The SMILES string of the molecule is CCO/C=C1\C(=O)N(C(C)=O)c2ccc(NS(=O)(=O)CC)cc21. The molecule has 0 saturated carbocycles. The fraction of sp³-hybridized carbons (Fsp3) is 0.333. The molecule has 7 nitrogen and oxygen atoms in total. The van der Waals surface area contributed by atoms with E-state index in [0.29, 0.717) is 23.5 Å². The zero-order valence-electron chi connectivity index (χ0n) is 13.1. The van der Waals surface area contributed by atoms with Crippen LogP contribution in [-0.4, -0.2) is 32.6 Å². The lowest BCUT2D eigenvalue weighted by Gasteiger charge is -2.12. The van der Waals surface area contributed by atoms with Crippen molar-refractivity contribution < 1.29 is 22.7 Å². The summed E-state index contributed by atoms with van der Waals surface area (Å²) in [5, 5.41) is 0. The van der Waals surface area contributed by atoms with Gasteiger partial charge in [0.25, 0.3) is 5.91 Å². The van der Waals surface area contributed by atoms with Crippen LogP contribution in [0.4, 0.5) is 11.4 Å². The monoisotopic (exact) mass is 338 g/mol. The van der Waals surface area contributed by atoms with E-state index in [9.17, 15) is 18.0 Å². The number of amides is 2. The van der Waals surface area contributed by atoms with E-state index in [4.69, 9.17) is 4.74 Å². The average Bonchev–Trinajstić information content (AvgIpc) is 2.76. The van der Waals surface area contributed by atoms with E-state index in [1.807, 2.05) is 0 Å². The molecule has 2 rings (SSSR count). The van der Waals surface area contributed by atoms with Crippen LogP contribution < -0.4 is 9.62 Å². The highest BCUT2D eigenvalue weighted by molar-refractivity contribution is 7.92. The number of imide groups is 1. The normalized spacial score (nSPS) is 15.7. The van der Waals surface area contributed by atoms with Crippen molar-refractivity contribution in [2.75, 3.05) is 22.0 Å². The molecule has 1 aliphatic rings. The Morgan fingerprint density at radius 1 is 1.35 bits per heavy atom. The summed E-state index contributed by atoms with van der Waals surface area (Å²) in [6.07, 6.45) is 1.29. The van der Waals surface area contributed by atoms with Crippen LogP contribution >= 0.6 is 0 Å². The molecule has 0 atom stereocenters. The van der Waals surface area contributed by atoms with Gasteiger partial charge >= 0.3 is 0 Å². The van der Waals surface area contributed by atoms with Crippen LogP contribution in [0.1, 0.15) is 26.3 Å². The standard InChI is InChI=1S/C15H18N2O5S/c1-4-22-9-13-12-8-11(16-23(20,21)5-2)6-7-14(12)17(10(3)18)15(13)19/h6-9,16H,4-5H2,1-3H3/b13-9-. The molecular weight excluding hydrogens is 320 g/mol. The zero-order chi connectivity index (χ0) is 17.2. The van der Waals surface area contributed by atoms with Crippen LogP contribution in [0.15, 0.2) is 24.5 Å². The van der Waals surface area contributed by atoms with Crippen molar-refractivity contribution in [2.45, 2.75) is 20.8 Å². The van der Waals surface area contributed by atoms with Crippen LogP contribution in [0.2, 0.25) is 0 Å². The average molecular weight is 338 g/mol. The van der Waals surface area contributed by atoms with Gasteiger partial charge in [-0.05, 0) is 32.0 Å². The Morgan fingerprint density at radius 2 is 2.04 bits per heavy atom. The Hall–Kier alpha value is -2.35. The summed E-state index contributed by atoms with van der Waals surface area (Å²) < 4.78 is 31.0. The van der Waals surface area contributed by atoms with Gasteiger partial charge in [-0.15, -0.1) is 0 Å². The molecule has 2 amide bonds. The van der Waals surface area contributed by atoms with Crippen LogP contribution in [-0.2, 0) is 24.3 Å². The second-order valence-electron chi connectivity index (χ2n) is 4.88. The van der Waals surface area contributed by atoms with Crippen LogP contribution in [0.25, 0.3) is 5.57 Å². The molecule has 1 aromatic carbocycles. The molecule has 0 aromatic heterocycles. The van der Waals surface area contributed by atoms with Crippen LogP contribution in [0.3, 0.4) is 0 Å². The number of sulfonamides is 1. The third-order valence-electron chi connectivity index (χ3n) is 3.30. The van der Waals surface area contributed by atoms with Gasteiger partial charge in [-0.25, -0.2) is 13.3 Å². The van der Waals surface area contributed by atoms with Gasteiger partial charge in [0.1, 0.15) is 0 Å². The number of nitrogens with zero attached hydrogens (tertiary/aromatic N) is 1. The largest absolute Gasteiger partial charge is 0.501 e. The highest BCUT2D eigenvalue weighted by atomic mass is 32.2. The number of carbonyl (C=O) groups excluding carboxylic acids is 2. The third kappa shape index (κ3) is 3.37. The number of fused-ring (bicyclic) bond motifs is 1. The van der Waals surface area contributed by atoms with Crippen molar-refractivity contribution in [1.29, 1.82) is 0 Å². The van der Waals surface area contributed by atoms with Gasteiger partial charge in [0.15, 0.2) is 0 Å². The molecule has 0 unspecified atom stereocenters. The molecule has 1 aliphatic heterocycles. The number of rotatable bonds is 5. The second kappa shape index (κ2) is 6.41. The van der Waals surface area contributed by atoms with Crippen molar-refractivity contribution >= 4 is 38.8 Å². The molecule has 0 saturated heterocycles. The fourth-order valence-electron chi connectivity index (χ4n) is 2.20. The van der Waals surface area contributed by atoms with Gasteiger partial charge in [0, 0.05) is 18.2 Å². The Morgan fingerprint density at radius 3 is 2.61 bits per heavy atom. The summed E-state index contributed by atoms with van der Waals surface area (Å²) in [4.78, 5) is 25.1. The zero-order valence-corrected chi connectivity index (χ0v) is 13.9. The first-order chi connectivity index (χ1) is 10.8. The number of nitrogens with one attached hydrogen (secondary N) is 1. The van der Waals surface area contributed by atoms with Gasteiger partial charge in [0.2, 0.25) is 15.9 Å². The van der Waals surface area contributed by atoms with Gasteiger partial charge < -0.3 is 4.74 Å². The molecule has 0 fully saturated rings. The minimum absolute atomic E-state index is 0.0652. The van der Waals surface area contributed by atoms with Crippen LogP contribution in [0.5, 0.6) is 0 Å². The summed E-state index contributed by atoms with van der Waals surface area (Å²) in [5.74, 6) is -0.973. The number of ether oxygens (including phenoxy) is 1. The maximum atomic E-state index is 12.4. The van der Waals surface area contributed by atoms with E-state index in [-0.39, 0.29) is 11.3 Å². The predicted octanol–water partition coefficient (Wildman–Crippen LogP) is 1.72. The lowest BCUT2D eigenvalue weighted by atomic mass is 10.1. The molecule has 1 N–H and O–H groups in total. The second-order valence-corrected chi connectivity index (χ2v) is 6.89. The first kappa shape index (κ1) is 17.0. The Balaban J connectivity index is 2.52. The topological polar surface area (TPSA) is 92.8 Å². The van der Waals surface area contributed by atoms with Gasteiger partial charge in [-0.1, -0.05) is 0 Å². The summed E-state index contributed by atoms with van der Waals surface area (Å²) in [6, 6.07) is 4.57. The molecule has 124 valence electrons. The van der Waals surface area contributed by atoms with Crippen molar-refractivity contribution in [3.63, 3.8) is 0 Å². The summed E-state index contributed by atoms with van der Waals surface area (Å²) in [6.45, 7) is 4.95. The summed E-state index contributed by atoms with van der Waals surface area (Å²) >= 11 is 0. The molecule has 23 heavy (non-hydrogen) atoms. The van der Waals surface area contributed by atoms with Crippen molar-refractivity contribution in [3.8, 4) is 0 Å². The van der Waals surface area contributed by atoms with E-state index in [1.165, 1.54) is 38.3 Å². The third-order valence-corrected chi connectivity index (χ3v) is 4.60. The fourth-order valence-corrected chi connectivity index (χ4v) is 2.83. The summed E-state index contributed by atoms with van der Waals surface area (Å²) in [7, 11) is -3.43. The molecular formula is C15H18N2O5S. The number of hydrogen-bond donors (Lipinski definition) is 1. The minimum atomic E-state index is -3.43. The Bertz CT molecular complexity index is 783. The number of hydrogen-bond acceptors (Lipinski definition) is 5. The van der Waals surface area contributed by atoms with Gasteiger partial charge in [0.05, 0.1) is 29.9 Å². The molecule has 0 radical (unpaired) electrons. The molecule has 8 heteroatoms. The molecule has 1 aromatic rings. The maximum absolute atomic E-state index is 12.4. The molecule has 0 spiro atoms. The van der Waals surface area contributed by atoms with E-state index in [0.717, 1.165) is 4.90 Å². The smallest absolute Gasteiger partial charge is 0.268 e. The number of benzene rings is 1. The Kier molecular flexibility index (Phi) is 4.74. The van der Waals surface area contributed by atoms with E-state index >= 15 is 0 Å². The first-order valence-corrected chi connectivity index (χ1v) is 8.77. The lowest BCUT2D eigenvalue weighted by Crippen LogP contribution is -2.31. The van der Waals surface area contributed by atoms with Crippen LogP contribution in [0, 0.1) is 0 Å². The Labute approximate surface area is 135 Å². The predicted molar refractivity (Wildman–Crippen MR) is 87.3 cm³/mol. The first-order valence-electron chi connectivity index (χ1n) is 7.12. The summed E-state index contributed by atoms with van der Waals surface area (Å²) in [5.41, 5.74) is 1.41. The quantitative estimate of drug-likeness (QED) is 0.652. The van der Waals surface area contributed by atoms with Crippen molar-refractivity contribution in [3.05, 3.63) is 30.0 Å².